The van der Waals surface area contributed by atoms with Crippen molar-refractivity contribution in [1.82, 2.24) is 5.43 Å². The van der Waals surface area contributed by atoms with E-state index in [9.17, 15) is 14.7 Å². The summed E-state index contributed by atoms with van der Waals surface area (Å²) in [6, 6.07) is 0. The lowest BCUT2D eigenvalue weighted by Gasteiger charge is -2.28. The molecule has 2 atom stereocenters. The van der Waals surface area contributed by atoms with Gasteiger partial charge >= 0.3 is 0 Å². The van der Waals surface area contributed by atoms with E-state index in [0.717, 1.165) is 0 Å². The van der Waals surface area contributed by atoms with E-state index in [1.165, 1.54) is 0 Å². The molecule has 2 rings (SSSR count). The van der Waals surface area contributed by atoms with Crippen molar-refractivity contribution in [1.29, 1.82) is 0 Å². The number of amides is 1. The van der Waals surface area contributed by atoms with Crippen LogP contribution in [0.15, 0.2) is 29.4 Å². The van der Waals surface area contributed by atoms with Crippen LogP contribution in [0.3, 0.4) is 0 Å². The van der Waals surface area contributed by atoms with Crippen LogP contribution in [0.4, 0.5) is 0 Å². The molecule has 1 aliphatic heterocycles. The van der Waals surface area contributed by atoms with Crippen molar-refractivity contribution < 1.29 is 14.7 Å². The van der Waals surface area contributed by atoms with E-state index < -0.39 is 5.97 Å². The smallest absolute Gasteiger partial charge is 0.247 e. The molecule has 0 bridgehead atoms. The van der Waals surface area contributed by atoms with Crippen LogP contribution in [-0.4, -0.2) is 17.6 Å². The normalized spacial score (nSPS) is 28.0. The summed E-state index contributed by atoms with van der Waals surface area (Å²) >= 11 is 0. The van der Waals surface area contributed by atoms with Gasteiger partial charge in [0.05, 0.1) is 11.6 Å². The molecule has 0 radical (unpaired) electrons. The molecule has 0 saturated carbocycles. The van der Waals surface area contributed by atoms with Gasteiger partial charge in [-0.3, -0.25) is 4.79 Å². The summed E-state index contributed by atoms with van der Waals surface area (Å²) in [5, 5.41) is 14.2. The zero-order valence-corrected chi connectivity index (χ0v) is 7.84. The van der Waals surface area contributed by atoms with Gasteiger partial charge in [-0.2, -0.15) is 5.10 Å². The largest absolute Gasteiger partial charge is 0.550 e. The number of carboxylic acid groups (broad SMARTS) is 1. The maximum atomic E-state index is 11.4. The first kappa shape index (κ1) is 9.64. The maximum absolute atomic E-state index is 11.4. The molecule has 0 aromatic carbocycles. The summed E-state index contributed by atoms with van der Waals surface area (Å²) < 4.78 is 0. The molecule has 78 valence electrons. The molecular weight excluding hydrogens is 196 g/mol. The molecule has 1 aliphatic carbocycles. The lowest BCUT2D eigenvalue weighted by Crippen LogP contribution is -2.42. The van der Waals surface area contributed by atoms with Crippen LogP contribution in [0.5, 0.6) is 0 Å². The Morgan fingerprint density at radius 1 is 1.40 bits per heavy atom. The third-order valence-electron chi connectivity index (χ3n) is 2.46. The summed E-state index contributed by atoms with van der Waals surface area (Å²) in [5.74, 6) is -1.99. The third-order valence-corrected chi connectivity index (χ3v) is 2.46. The van der Waals surface area contributed by atoms with E-state index in [-0.39, 0.29) is 24.2 Å². The van der Waals surface area contributed by atoms with Gasteiger partial charge < -0.3 is 9.90 Å². The van der Waals surface area contributed by atoms with Crippen molar-refractivity contribution in [3.05, 3.63) is 24.3 Å². The van der Waals surface area contributed by atoms with Crippen molar-refractivity contribution in [2.75, 3.05) is 0 Å². The Bertz CT molecular complexity index is 395. The van der Waals surface area contributed by atoms with Gasteiger partial charge in [0.15, 0.2) is 0 Å². The van der Waals surface area contributed by atoms with Crippen LogP contribution >= 0.6 is 0 Å². The van der Waals surface area contributed by atoms with Gasteiger partial charge in [0.1, 0.15) is 0 Å². The van der Waals surface area contributed by atoms with Gasteiger partial charge in [-0.05, 0) is 0 Å². The zero-order valence-electron chi connectivity index (χ0n) is 7.84. The molecule has 2 aliphatic rings. The number of rotatable bonds is 2. The highest BCUT2D eigenvalue weighted by Crippen LogP contribution is 2.25. The van der Waals surface area contributed by atoms with Crippen molar-refractivity contribution in [3.63, 3.8) is 0 Å². The highest BCUT2D eigenvalue weighted by atomic mass is 16.4. The van der Waals surface area contributed by atoms with Crippen molar-refractivity contribution in [3.8, 4) is 0 Å². The Labute approximate surface area is 86.2 Å². The van der Waals surface area contributed by atoms with Crippen molar-refractivity contribution in [2.24, 2.45) is 16.9 Å². The minimum Gasteiger partial charge on any atom is -0.550 e. The number of hydrazone groups is 1. The zero-order chi connectivity index (χ0) is 10.8. The second kappa shape index (κ2) is 3.68. The first-order chi connectivity index (χ1) is 7.18. The lowest BCUT2D eigenvalue weighted by molar-refractivity contribution is -0.303. The second-order valence-electron chi connectivity index (χ2n) is 3.45. The van der Waals surface area contributed by atoms with Gasteiger partial charge in [0, 0.05) is 18.3 Å². The van der Waals surface area contributed by atoms with Gasteiger partial charge in [0.2, 0.25) is 5.91 Å². The quantitative estimate of drug-likeness (QED) is 0.625. The van der Waals surface area contributed by atoms with Crippen LogP contribution in [0, 0.1) is 11.8 Å². The average molecular weight is 205 g/mol. The molecule has 5 heteroatoms. The minimum atomic E-state index is -1.19. The molecule has 0 aromatic rings. The van der Waals surface area contributed by atoms with E-state index in [0.29, 0.717) is 5.71 Å². The minimum absolute atomic E-state index is 0.206. The van der Waals surface area contributed by atoms with Crippen LogP contribution in [-0.2, 0) is 9.59 Å². The van der Waals surface area contributed by atoms with Gasteiger partial charge in [-0.1, -0.05) is 24.3 Å². The Morgan fingerprint density at radius 2 is 2.07 bits per heavy atom. The number of carbonyl (C=O) groups is 2. The molecule has 5 nitrogen and oxygen atoms in total. The third kappa shape index (κ3) is 1.81. The molecule has 1 N–H and O–H groups in total. The predicted molar refractivity (Wildman–Crippen MR) is 50.5 cm³/mol. The number of fused-ring (bicyclic) bond motifs is 1. The van der Waals surface area contributed by atoms with E-state index in [2.05, 4.69) is 10.5 Å². The fourth-order valence-electron chi connectivity index (χ4n) is 1.76. The number of nitrogens with one attached hydrogen (secondary N) is 1. The summed E-state index contributed by atoms with van der Waals surface area (Å²) in [4.78, 5) is 21.9. The summed E-state index contributed by atoms with van der Waals surface area (Å²) in [5.41, 5.74) is 2.74. The Balaban J connectivity index is 2.26. The fraction of sp³-hybridized carbons (Fsp3) is 0.300. The highest BCUT2D eigenvalue weighted by molar-refractivity contribution is 6.04. The topological polar surface area (TPSA) is 81.6 Å². The van der Waals surface area contributed by atoms with Crippen LogP contribution < -0.4 is 10.5 Å². The number of carbonyl (C=O) groups excluding carboxylic acids is 2. The molecule has 15 heavy (non-hydrogen) atoms. The van der Waals surface area contributed by atoms with E-state index in [1.807, 2.05) is 0 Å². The molecular formula is C10H9N2O3-. The second-order valence-corrected chi connectivity index (χ2v) is 3.45. The first-order valence-electron chi connectivity index (χ1n) is 4.59. The number of hydrogen-bond donors (Lipinski definition) is 1. The number of hydrogen-bond acceptors (Lipinski definition) is 4. The monoisotopic (exact) mass is 205 g/mol. The Morgan fingerprint density at radius 3 is 2.73 bits per heavy atom. The lowest BCUT2D eigenvalue weighted by atomic mass is 9.82. The Kier molecular flexibility index (Phi) is 2.37. The van der Waals surface area contributed by atoms with Crippen LogP contribution in [0.25, 0.3) is 0 Å². The molecule has 0 fully saturated rings. The number of aliphatic carboxylic acids is 1. The van der Waals surface area contributed by atoms with Gasteiger partial charge in [0.25, 0.3) is 0 Å². The summed E-state index contributed by atoms with van der Waals surface area (Å²) in [6.45, 7) is 0. The van der Waals surface area contributed by atoms with E-state index in [1.54, 1.807) is 24.3 Å². The van der Waals surface area contributed by atoms with Crippen molar-refractivity contribution in [2.45, 2.75) is 6.42 Å². The molecule has 1 amide bonds. The number of carboxylic acids is 1. The van der Waals surface area contributed by atoms with E-state index >= 15 is 0 Å². The standard InChI is InChI=1S/C10H10N2O3/c13-9(14)5-8-6-3-1-2-4-7(6)10(15)12-11-8/h1-4,6-7H,5H2,(H,12,15)(H,13,14)/p-1/t6-,7+/m0/s1. The number of nitrogens with zero attached hydrogens (tertiary/aromatic N) is 1. The molecule has 0 unspecified atom stereocenters. The fourth-order valence-corrected chi connectivity index (χ4v) is 1.76. The SMILES string of the molecule is O=C([O-])CC1=NNC(=O)[C@@H]2C=CC=C[C@H]12. The number of allylic oxidation sites excluding steroid dienone is 3. The van der Waals surface area contributed by atoms with Crippen LogP contribution in [0.2, 0.25) is 0 Å². The predicted octanol–water partition coefficient (Wildman–Crippen LogP) is -1.03. The molecule has 0 aromatic heterocycles. The van der Waals surface area contributed by atoms with Crippen LogP contribution in [0.1, 0.15) is 6.42 Å². The maximum Gasteiger partial charge on any atom is 0.247 e. The van der Waals surface area contributed by atoms with Gasteiger partial charge in [-0.15, -0.1) is 0 Å². The van der Waals surface area contributed by atoms with E-state index in [4.69, 9.17) is 0 Å². The average Bonchev–Trinajstić information content (AvgIpc) is 2.22. The summed E-state index contributed by atoms with van der Waals surface area (Å²) in [6.07, 6.45) is 6.82. The highest BCUT2D eigenvalue weighted by Gasteiger charge is 2.32. The molecule has 1 heterocycles. The Hall–Kier alpha value is -1.91. The first-order valence-corrected chi connectivity index (χ1v) is 4.59. The van der Waals surface area contributed by atoms with Gasteiger partial charge in [-0.25, -0.2) is 5.43 Å². The van der Waals surface area contributed by atoms with Crippen molar-refractivity contribution >= 4 is 17.6 Å². The summed E-state index contributed by atoms with van der Waals surface area (Å²) in [7, 11) is 0. The molecule has 0 spiro atoms. The molecule has 0 saturated heterocycles.